The Morgan fingerprint density at radius 3 is 2.75 bits per heavy atom. The number of rotatable bonds is 2. The Morgan fingerprint density at radius 1 is 1.58 bits per heavy atom. The third-order valence-corrected chi connectivity index (χ3v) is 2.20. The smallest absolute Gasteiger partial charge is 0.326 e. The number of carboxylic acid groups (broad SMARTS) is 1. The predicted octanol–water partition coefficient (Wildman–Crippen LogP) is 0.301. The van der Waals surface area contributed by atoms with Crippen LogP contribution >= 0.6 is 11.6 Å². The lowest BCUT2D eigenvalue weighted by atomic mass is 10.2. The summed E-state index contributed by atoms with van der Waals surface area (Å²) in [6, 6.07) is -0.656. The Labute approximate surface area is 75.1 Å². The van der Waals surface area contributed by atoms with Crippen molar-refractivity contribution in [3.8, 4) is 0 Å². The second-order valence-corrected chi connectivity index (χ2v) is 2.98. The number of halogens is 1. The van der Waals surface area contributed by atoms with E-state index in [1.807, 2.05) is 0 Å². The van der Waals surface area contributed by atoms with Crippen LogP contribution in [0.5, 0.6) is 0 Å². The maximum Gasteiger partial charge on any atom is 0.326 e. The molecule has 4 nitrogen and oxygen atoms in total. The fourth-order valence-electron chi connectivity index (χ4n) is 1.40. The fraction of sp³-hybridized carbons (Fsp3) is 0.714. The van der Waals surface area contributed by atoms with Crippen LogP contribution in [-0.4, -0.2) is 40.3 Å². The van der Waals surface area contributed by atoms with Gasteiger partial charge in [0, 0.05) is 6.54 Å². The predicted molar refractivity (Wildman–Crippen MR) is 43.1 cm³/mol. The molecule has 0 aromatic carbocycles. The van der Waals surface area contributed by atoms with Crippen LogP contribution in [0.15, 0.2) is 0 Å². The average Bonchev–Trinajstić information content (AvgIpc) is 2.50. The summed E-state index contributed by atoms with van der Waals surface area (Å²) in [5.74, 6) is -1.36. The zero-order valence-electron chi connectivity index (χ0n) is 6.49. The van der Waals surface area contributed by atoms with Gasteiger partial charge in [0.25, 0.3) is 0 Å². The number of likely N-dealkylation sites (tertiary alicyclic amines) is 1. The van der Waals surface area contributed by atoms with E-state index in [1.54, 1.807) is 0 Å². The quantitative estimate of drug-likeness (QED) is 0.639. The largest absolute Gasteiger partial charge is 0.480 e. The number of carbonyl (C=O) groups is 2. The van der Waals surface area contributed by atoms with Gasteiger partial charge in [0.2, 0.25) is 5.91 Å². The van der Waals surface area contributed by atoms with Gasteiger partial charge < -0.3 is 10.0 Å². The zero-order chi connectivity index (χ0) is 9.14. The van der Waals surface area contributed by atoms with Crippen LogP contribution in [0.1, 0.15) is 12.8 Å². The summed E-state index contributed by atoms with van der Waals surface area (Å²) in [7, 11) is 0. The minimum absolute atomic E-state index is 0.135. The molecule has 1 amide bonds. The molecule has 68 valence electrons. The number of hydrogen-bond donors (Lipinski definition) is 1. The van der Waals surface area contributed by atoms with Gasteiger partial charge in [-0.2, -0.15) is 0 Å². The summed E-state index contributed by atoms with van der Waals surface area (Å²) >= 11 is 5.32. The molecule has 12 heavy (non-hydrogen) atoms. The van der Waals surface area contributed by atoms with Crippen molar-refractivity contribution in [2.45, 2.75) is 18.9 Å². The van der Waals surface area contributed by atoms with E-state index in [2.05, 4.69) is 0 Å². The molecular weight excluding hydrogens is 182 g/mol. The third-order valence-electron chi connectivity index (χ3n) is 1.97. The van der Waals surface area contributed by atoms with Gasteiger partial charge in [0.1, 0.15) is 11.9 Å². The Bertz CT molecular complexity index is 207. The van der Waals surface area contributed by atoms with E-state index in [-0.39, 0.29) is 11.8 Å². The minimum atomic E-state index is -0.939. The Balaban J connectivity index is 2.63. The number of amides is 1. The molecule has 5 heteroatoms. The molecule has 1 aliphatic heterocycles. The first kappa shape index (κ1) is 9.32. The topological polar surface area (TPSA) is 57.6 Å². The normalized spacial score (nSPS) is 22.8. The van der Waals surface area contributed by atoms with Crippen LogP contribution in [0.3, 0.4) is 0 Å². The Morgan fingerprint density at radius 2 is 2.25 bits per heavy atom. The van der Waals surface area contributed by atoms with Crippen LogP contribution in [0.25, 0.3) is 0 Å². The summed E-state index contributed by atoms with van der Waals surface area (Å²) in [5, 5.41) is 8.69. The van der Waals surface area contributed by atoms with Gasteiger partial charge in [-0.05, 0) is 12.8 Å². The van der Waals surface area contributed by atoms with Crippen molar-refractivity contribution in [3.05, 3.63) is 0 Å². The molecule has 1 saturated heterocycles. The second-order valence-electron chi connectivity index (χ2n) is 2.72. The summed E-state index contributed by atoms with van der Waals surface area (Å²) < 4.78 is 0. The van der Waals surface area contributed by atoms with E-state index < -0.39 is 12.0 Å². The molecule has 0 aromatic rings. The monoisotopic (exact) mass is 191 g/mol. The van der Waals surface area contributed by atoms with Crippen LogP contribution in [0, 0.1) is 0 Å². The minimum Gasteiger partial charge on any atom is -0.480 e. The van der Waals surface area contributed by atoms with E-state index in [0.29, 0.717) is 13.0 Å². The lowest BCUT2D eigenvalue weighted by Crippen LogP contribution is -2.41. The van der Waals surface area contributed by atoms with E-state index in [0.717, 1.165) is 6.42 Å². The maximum atomic E-state index is 11.1. The van der Waals surface area contributed by atoms with Crippen LogP contribution < -0.4 is 0 Å². The summed E-state index contributed by atoms with van der Waals surface area (Å²) in [6.07, 6.45) is 1.29. The first-order chi connectivity index (χ1) is 5.66. The van der Waals surface area contributed by atoms with Crippen LogP contribution in [0.2, 0.25) is 0 Å². The zero-order valence-corrected chi connectivity index (χ0v) is 7.25. The highest BCUT2D eigenvalue weighted by molar-refractivity contribution is 6.27. The first-order valence-corrected chi connectivity index (χ1v) is 4.28. The number of aliphatic carboxylic acids is 1. The Hall–Kier alpha value is -0.770. The Kier molecular flexibility index (Phi) is 2.92. The summed E-state index contributed by atoms with van der Waals surface area (Å²) in [4.78, 5) is 23.0. The highest BCUT2D eigenvalue weighted by Crippen LogP contribution is 2.17. The molecule has 0 saturated carbocycles. The standard InChI is InChI=1S/C7H10ClNO3/c8-4-6(10)9-3-1-2-5(9)7(11)12/h5H,1-4H2,(H,11,12)/t5-/m1/s1. The van der Waals surface area contributed by atoms with E-state index >= 15 is 0 Å². The molecule has 0 aliphatic carbocycles. The second kappa shape index (κ2) is 3.76. The molecule has 1 rings (SSSR count). The highest BCUT2D eigenvalue weighted by Gasteiger charge is 2.33. The SMILES string of the molecule is O=C(O)[C@H]1CCCN1C(=O)CCl. The van der Waals surface area contributed by atoms with Crippen LogP contribution in [-0.2, 0) is 9.59 Å². The van der Waals surface area contributed by atoms with Gasteiger partial charge in [0.15, 0.2) is 0 Å². The molecule has 1 heterocycles. The average molecular weight is 192 g/mol. The molecule has 1 N–H and O–H groups in total. The lowest BCUT2D eigenvalue weighted by Gasteiger charge is -2.19. The van der Waals surface area contributed by atoms with E-state index in [1.165, 1.54) is 4.90 Å². The van der Waals surface area contributed by atoms with E-state index in [9.17, 15) is 9.59 Å². The fourth-order valence-corrected chi connectivity index (χ4v) is 1.55. The molecule has 1 aliphatic rings. The van der Waals surface area contributed by atoms with Crippen LogP contribution in [0.4, 0.5) is 0 Å². The van der Waals surface area contributed by atoms with E-state index in [4.69, 9.17) is 16.7 Å². The molecule has 1 atom stereocenters. The summed E-state index contributed by atoms with van der Waals surface area (Å²) in [5.41, 5.74) is 0. The molecular formula is C7H10ClNO3. The highest BCUT2D eigenvalue weighted by atomic mass is 35.5. The van der Waals surface area contributed by atoms with Gasteiger partial charge in [-0.15, -0.1) is 11.6 Å². The van der Waals surface area contributed by atoms with Crippen molar-refractivity contribution in [1.82, 2.24) is 4.90 Å². The van der Waals surface area contributed by atoms with Crippen molar-refractivity contribution in [2.75, 3.05) is 12.4 Å². The van der Waals surface area contributed by atoms with Gasteiger partial charge in [-0.1, -0.05) is 0 Å². The number of nitrogens with zero attached hydrogens (tertiary/aromatic N) is 1. The number of carbonyl (C=O) groups excluding carboxylic acids is 1. The maximum absolute atomic E-state index is 11.1. The number of hydrogen-bond acceptors (Lipinski definition) is 2. The lowest BCUT2D eigenvalue weighted by molar-refractivity contribution is -0.147. The third kappa shape index (κ3) is 1.69. The molecule has 1 fully saturated rings. The van der Waals surface area contributed by atoms with Crippen molar-refractivity contribution in [2.24, 2.45) is 0 Å². The van der Waals surface area contributed by atoms with Gasteiger partial charge in [0.05, 0.1) is 0 Å². The molecule has 0 aromatic heterocycles. The molecule has 0 unspecified atom stereocenters. The molecule has 0 bridgehead atoms. The van der Waals surface area contributed by atoms with Crippen molar-refractivity contribution in [3.63, 3.8) is 0 Å². The molecule has 0 spiro atoms. The summed E-state index contributed by atoms with van der Waals surface area (Å²) in [6.45, 7) is 0.516. The molecule has 0 radical (unpaired) electrons. The van der Waals surface area contributed by atoms with Crippen molar-refractivity contribution < 1.29 is 14.7 Å². The number of carboxylic acids is 1. The van der Waals surface area contributed by atoms with Crippen molar-refractivity contribution >= 4 is 23.5 Å². The van der Waals surface area contributed by atoms with Crippen molar-refractivity contribution in [1.29, 1.82) is 0 Å². The van der Waals surface area contributed by atoms with Gasteiger partial charge in [-0.3, -0.25) is 4.79 Å². The first-order valence-electron chi connectivity index (χ1n) is 3.75. The number of alkyl halides is 1. The van der Waals surface area contributed by atoms with Gasteiger partial charge in [-0.25, -0.2) is 4.79 Å². The van der Waals surface area contributed by atoms with Gasteiger partial charge >= 0.3 is 5.97 Å².